The Morgan fingerprint density at radius 3 is 2.42 bits per heavy atom. The van der Waals surface area contributed by atoms with Gasteiger partial charge >= 0.3 is 0 Å². The van der Waals surface area contributed by atoms with Gasteiger partial charge < -0.3 is 5.32 Å². The number of benzene rings is 2. The summed E-state index contributed by atoms with van der Waals surface area (Å²) in [5.74, 6) is 0. The van der Waals surface area contributed by atoms with E-state index in [9.17, 15) is 0 Å². The molecule has 0 aliphatic rings. The molecule has 2 nitrogen and oxygen atoms in total. The Morgan fingerprint density at radius 2 is 1.73 bits per heavy atom. The normalized spacial score (nSPS) is 11.4. The van der Waals surface area contributed by atoms with Gasteiger partial charge in [0.15, 0.2) is 0 Å². The number of nitrogens with zero attached hydrogens (tertiary/aromatic N) is 1. The van der Waals surface area contributed by atoms with Gasteiger partial charge in [0.05, 0.1) is 0 Å². The van der Waals surface area contributed by atoms with Crippen molar-refractivity contribution in [3.8, 4) is 0 Å². The molecule has 0 saturated heterocycles. The van der Waals surface area contributed by atoms with E-state index in [0.717, 1.165) is 17.9 Å². The Morgan fingerprint density at radius 1 is 0.962 bits per heavy atom. The molecule has 1 aromatic heterocycles. The number of hydrogen-bond donors (Lipinski definition) is 2. The van der Waals surface area contributed by atoms with Gasteiger partial charge in [-0.1, -0.05) is 62.4 Å². The number of thiol groups is 1. The number of nitrogens with one attached hydrogen (secondary N) is 1. The lowest BCUT2D eigenvalue weighted by Crippen LogP contribution is -2.18. The second-order valence-corrected chi connectivity index (χ2v) is 6.50. The van der Waals surface area contributed by atoms with Crippen LogP contribution in [0.25, 0.3) is 0 Å². The van der Waals surface area contributed by atoms with E-state index < -0.39 is 0 Å². The van der Waals surface area contributed by atoms with Crippen LogP contribution in [-0.4, -0.2) is 4.98 Å². The predicted molar refractivity (Wildman–Crippen MR) is 114 cm³/mol. The number of aromatic nitrogens is 1. The van der Waals surface area contributed by atoms with E-state index in [2.05, 4.69) is 78.4 Å². The smallest absolute Gasteiger partial charge is 0.0303 e. The summed E-state index contributed by atoms with van der Waals surface area (Å²) in [6, 6.07) is 21.3. The Labute approximate surface area is 163 Å². The Kier molecular flexibility index (Phi) is 8.39. The van der Waals surface area contributed by atoms with Gasteiger partial charge in [-0.05, 0) is 47.7 Å². The quantitative estimate of drug-likeness (QED) is 0.537. The summed E-state index contributed by atoms with van der Waals surface area (Å²) in [5.41, 5.74) is 5.03. The zero-order valence-electron chi connectivity index (χ0n) is 15.8. The van der Waals surface area contributed by atoms with Crippen molar-refractivity contribution in [2.24, 2.45) is 0 Å². The molecule has 1 N–H and O–H groups in total. The van der Waals surface area contributed by atoms with Gasteiger partial charge in [-0.3, -0.25) is 4.98 Å². The highest BCUT2D eigenvalue weighted by Gasteiger charge is 2.07. The van der Waals surface area contributed by atoms with E-state index in [4.69, 9.17) is 0 Å². The van der Waals surface area contributed by atoms with Crippen molar-refractivity contribution in [1.29, 1.82) is 0 Å². The molecular weight excluding hydrogens is 336 g/mol. The van der Waals surface area contributed by atoms with Crippen LogP contribution >= 0.6 is 12.6 Å². The van der Waals surface area contributed by atoms with E-state index in [1.54, 1.807) is 6.20 Å². The second kappa shape index (κ2) is 10.8. The molecule has 2 aromatic carbocycles. The van der Waals surface area contributed by atoms with Gasteiger partial charge in [-0.15, -0.1) is 12.6 Å². The van der Waals surface area contributed by atoms with Crippen LogP contribution in [0.1, 0.15) is 49.1 Å². The fraction of sp³-hybridized carbons (Fsp3) is 0.261. The molecule has 136 valence electrons. The highest BCUT2D eigenvalue weighted by molar-refractivity contribution is 7.80. The zero-order chi connectivity index (χ0) is 18.8. The van der Waals surface area contributed by atoms with Crippen molar-refractivity contribution in [2.45, 2.75) is 44.7 Å². The van der Waals surface area contributed by atoms with Crippen LogP contribution in [-0.2, 0) is 13.0 Å². The van der Waals surface area contributed by atoms with Crippen LogP contribution in [0.4, 0.5) is 0 Å². The fourth-order valence-electron chi connectivity index (χ4n) is 2.75. The lowest BCUT2D eigenvalue weighted by atomic mass is 10.0. The van der Waals surface area contributed by atoms with Crippen molar-refractivity contribution in [2.75, 3.05) is 0 Å². The molecule has 26 heavy (non-hydrogen) atoms. The Balaban J connectivity index is 0.00000117. The summed E-state index contributed by atoms with van der Waals surface area (Å²) in [6.45, 7) is 6.99. The highest BCUT2D eigenvalue weighted by Crippen LogP contribution is 2.20. The molecule has 0 bridgehead atoms. The van der Waals surface area contributed by atoms with Gasteiger partial charge in [0, 0.05) is 29.9 Å². The first-order valence-electron chi connectivity index (χ1n) is 9.20. The summed E-state index contributed by atoms with van der Waals surface area (Å²) in [6.07, 6.45) is 4.62. The zero-order valence-corrected chi connectivity index (χ0v) is 16.7. The van der Waals surface area contributed by atoms with Crippen molar-refractivity contribution in [3.63, 3.8) is 0 Å². The molecule has 3 aromatic rings. The van der Waals surface area contributed by atoms with Gasteiger partial charge in [-0.2, -0.15) is 0 Å². The van der Waals surface area contributed by atoms with E-state index in [1.807, 2.05) is 32.2 Å². The third kappa shape index (κ3) is 6.01. The molecule has 3 heteroatoms. The van der Waals surface area contributed by atoms with Crippen LogP contribution in [0.2, 0.25) is 0 Å². The van der Waals surface area contributed by atoms with Crippen molar-refractivity contribution < 1.29 is 0 Å². The average molecular weight is 365 g/mol. The number of rotatable bonds is 6. The van der Waals surface area contributed by atoms with E-state index in [1.165, 1.54) is 22.3 Å². The Bertz CT molecular complexity index is 773. The second-order valence-electron chi connectivity index (χ2n) is 6.01. The summed E-state index contributed by atoms with van der Waals surface area (Å²) < 4.78 is 0. The van der Waals surface area contributed by atoms with E-state index >= 15 is 0 Å². The molecule has 1 heterocycles. The first kappa shape index (κ1) is 20.2. The lowest BCUT2D eigenvalue weighted by molar-refractivity contribution is 0.570. The molecule has 0 fully saturated rings. The molecule has 1 atom stereocenters. The van der Waals surface area contributed by atoms with Crippen molar-refractivity contribution in [1.82, 2.24) is 10.3 Å². The fourth-order valence-corrected chi connectivity index (χ4v) is 2.97. The van der Waals surface area contributed by atoms with Crippen LogP contribution < -0.4 is 5.32 Å². The van der Waals surface area contributed by atoms with Crippen molar-refractivity contribution >= 4 is 12.6 Å². The van der Waals surface area contributed by atoms with Gasteiger partial charge in [0.2, 0.25) is 0 Å². The first-order chi connectivity index (χ1) is 12.7. The molecule has 1 unspecified atom stereocenters. The van der Waals surface area contributed by atoms with Crippen LogP contribution in [0.5, 0.6) is 0 Å². The number of hydrogen-bond acceptors (Lipinski definition) is 3. The van der Waals surface area contributed by atoms with Gasteiger partial charge in [0.25, 0.3) is 0 Å². The molecule has 0 spiro atoms. The monoisotopic (exact) mass is 364 g/mol. The summed E-state index contributed by atoms with van der Waals surface area (Å²) in [7, 11) is 0. The highest BCUT2D eigenvalue weighted by atomic mass is 32.1. The minimum Gasteiger partial charge on any atom is -0.306 e. The maximum atomic E-state index is 4.61. The maximum absolute atomic E-state index is 4.61. The molecule has 0 radical (unpaired) electrons. The Hall–Kier alpha value is -2.10. The standard InChI is InChI=1S/C21H22N2S.C2H6/c1-16(19-7-3-2-4-8-19)23-15-20-13-17(9-10-21(20)24)12-18-6-5-11-22-14-18;1-2/h2-11,13-14,16,23-24H,12,15H2,1H3;1-2H3. The number of pyridine rings is 1. The molecule has 3 rings (SSSR count). The first-order valence-corrected chi connectivity index (χ1v) is 9.65. The van der Waals surface area contributed by atoms with E-state index in [0.29, 0.717) is 6.04 Å². The SMILES string of the molecule is CC.CC(NCc1cc(Cc2cccnc2)ccc1S)c1ccccc1. The average Bonchev–Trinajstić information content (AvgIpc) is 2.71. The van der Waals surface area contributed by atoms with Crippen LogP contribution in [0.3, 0.4) is 0 Å². The third-order valence-electron chi connectivity index (χ3n) is 4.17. The minimum atomic E-state index is 0.306. The summed E-state index contributed by atoms with van der Waals surface area (Å²) >= 11 is 4.61. The minimum absolute atomic E-state index is 0.306. The van der Waals surface area contributed by atoms with Crippen molar-refractivity contribution in [3.05, 3.63) is 95.3 Å². The molecular formula is C23H28N2S. The largest absolute Gasteiger partial charge is 0.306 e. The molecule has 0 aliphatic carbocycles. The van der Waals surface area contributed by atoms with Crippen LogP contribution in [0.15, 0.2) is 78.0 Å². The maximum Gasteiger partial charge on any atom is 0.0303 e. The molecule has 0 amide bonds. The van der Waals surface area contributed by atoms with E-state index in [-0.39, 0.29) is 0 Å². The van der Waals surface area contributed by atoms with Crippen LogP contribution in [0, 0.1) is 0 Å². The summed E-state index contributed by atoms with van der Waals surface area (Å²) in [5, 5.41) is 3.59. The third-order valence-corrected chi connectivity index (χ3v) is 4.61. The summed E-state index contributed by atoms with van der Waals surface area (Å²) in [4.78, 5) is 5.21. The lowest BCUT2D eigenvalue weighted by Gasteiger charge is -2.16. The predicted octanol–water partition coefficient (Wildman–Crippen LogP) is 5.84. The molecule has 0 saturated carbocycles. The van der Waals surface area contributed by atoms with Gasteiger partial charge in [-0.25, -0.2) is 0 Å². The molecule has 0 aliphatic heterocycles. The van der Waals surface area contributed by atoms with Gasteiger partial charge in [0.1, 0.15) is 0 Å². The topological polar surface area (TPSA) is 24.9 Å².